The number of aryl methyl sites for hydroxylation is 1. The molecule has 182 valence electrons. The summed E-state index contributed by atoms with van der Waals surface area (Å²) in [6.07, 6.45) is 0.496. The van der Waals surface area contributed by atoms with E-state index in [-0.39, 0.29) is 12.4 Å². The molecule has 0 unspecified atom stereocenters. The molecular formula is C27H24ClFN6O. The summed E-state index contributed by atoms with van der Waals surface area (Å²) in [7, 11) is 0. The molecule has 1 atom stereocenters. The summed E-state index contributed by atoms with van der Waals surface area (Å²) in [6, 6.07) is 20.9. The van der Waals surface area contributed by atoms with Gasteiger partial charge in [0.15, 0.2) is 0 Å². The zero-order chi connectivity index (χ0) is 25.1. The number of aromatic amines is 2. The lowest BCUT2D eigenvalue weighted by Crippen LogP contribution is -2.38. The third kappa shape index (κ3) is 5.23. The van der Waals surface area contributed by atoms with Crippen molar-refractivity contribution < 1.29 is 9.18 Å². The highest BCUT2D eigenvalue weighted by Gasteiger charge is 2.22. The number of rotatable bonds is 7. The predicted molar refractivity (Wildman–Crippen MR) is 138 cm³/mol. The minimum absolute atomic E-state index is 0.190. The van der Waals surface area contributed by atoms with Gasteiger partial charge in [-0.15, -0.1) is 0 Å². The minimum atomic E-state index is -0.482. The van der Waals surface area contributed by atoms with Crippen molar-refractivity contribution in [2.45, 2.75) is 25.9 Å². The van der Waals surface area contributed by atoms with Crippen LogP contribution in [0.1, 0.15) is 28.7 Å². The molecule has 5 rings (SSSR count). The van der Waals surface area contributed by atoms with Gasteiger partial charge in [0.2, 0.25) is 0 Å². The molecule has 0 saturated carbocycles. The van der Waals surface area contributed by atoms with Gasteiger partial charge in [-0.05, 0) is 42.7 Å². The number of imidazole rings is 1. The molecule has 0 aliphatic rings. The molecule has 9 heteroatoms. The van der Waals surface area contributed by atoms with Crippen LogP contribution in [0.2, 0.25) is 5.15 Å². The van der Waals surface area contributed by atoms with Gasteiger partial charge in [0.05, 0.1) is 17.3 Å². The first-order valence-corrected chi connectivity index (χ1v) is 11.9. The number of urea groups is 1. The Kier molecular flexibility index (Phi) is 6.69. The summed E-state index contributed by atoms with van der Waals surface area (Å²) < 4.78 is 13.5. The molecule has 2 heterocycles. The van der Waals surface area contributed by atoms with E-state index in [4.69, 9.17) is 16.6 Å². The zero-order valence-corrected chi connectivity index (χ0v) is 20.2. The predicted octanol–water partition coefficient (Wildman–Crippen LogP) is 5.84. The number of hydrogen-bond acceptors (Lipinski definition) is 3. The molecule has 0 aliphatic heterocycles. The van der Waals surface area contributed by atoms with Crippen molar-refractivity contribution in [3.05, 3.63) is 106 Å². The molecule has 7 nitrogen and oxygen atoms in total. The SMILES string of the molecule is Cc1n[nH]c2cc(-c3nc([C@H](Cc4ccccc4)NC(=O)NCc4cccc(F)c4)[nH]c3Cl)ccc12. The average molecular weight is 503 g/mol. The van der Waals surface area contributed by atoms with Crippen LogP contribution >= 0.6 is 11.6 Å². The number of H-pyrrole nitrogens is 2. The van der Waals surface area contributed by atoms with Crippen LogP contribution in [-0.4, -0.2) is 26.2 Å². The van der Waals surface area contributed by atoms with E-state index >= 15 is 0 Å². The number of carbonyl (C=O) groups excluding carboxylic acids is 1. The lowest BCUT2D eigenvalue weighted by atomic mass is 10.1. The molecular weight excluding hydrogens is 479 g/mol. The third-order valence-electron chi connectivity index (χ3n) is 5.96. The molecule has 0 fully saturated rings. The van der Waals surface area contributed by atoms with Crippen molar-refractivity contribution in [1.82, 2.24) is 30.8 Å². The fourth-order valence-corrected chi connectivity index (χ4v) is 4.38. The van der Waals surface area contributed by atoms with E-state index in [2.05, 4.69) is 25.8 Å². The molecule has 36 heavy (non-hydrogen) atoms. The Balaban J connectivity index is 1.39. The van der Waals surface area contributed by atoms with Crippen LogP contribution in [0.25, 0.3) is 22.2 Å². The van der Waals surface area contributed by atoms with Gasteiger partial charge in [0.25, 0.3) is 0 Å². The second-order valence-corrected chi connectivity index (χ2v) is 8.93. The van der Waals surface area contributed by atoms with Crippen LogP contribution in [0.15, 0.2) is 72.8 Å². The maximum Gasteiger partial charge on any atom is 0.315 e. The Morgan fingerprint density at radius 3 is 2.67 bits per heavy atom. The van der Waals surface area contributed by atoms with E-state index in [0.29, 0.717) is 28.7 Å². The monoisotopic (exact) mass is 502 g/mol. The number of nitrogens with one attached hydrogen (secondary N) is 4. The first-order valence-electron chi connectivity index (χ1n) is 11.5. The molecule has 0 bridgehead atoms. The van der Waals surface area contributed by atoms with Crippen molar-refractivity contribution in [2.75, 3.05) is 0 Å². The van der Waals surface area contributed by atoms with Crippen LogP contribution in [0.4, 0.5) is 9.18 Å². The number of nitrogens with zero attached hydrogens (tertiary/aromatic N) is 2. The quantitative estimate of drug-likeness (QED) is 0.225. The highest BCUT2D eigenvalue weighted by Crippen LogP contribution is 2.30. The van der Waals surface area contributed by atoms with E-state index in [1.807, 2.05) is 55.5 Å². The van der Waals surface area contributed by atoms with Crippen LogP contribution in [0, 0.1) is 12.7 Å². The number of fused-ring (bicyclic) bond motifs is 1. The van der Waals surface area contributed by atoms with Gasteiger partial charge in [0.1, 0.15) is 22.5 Å². The van der Waals surface area contributed by atoms with Gasteiger partial charge in [-0.2, -0.15) is 5.10 Å². The lowest BCUT2D eigenvalue weighted by Gasteiger charge is -2.17. The van der Waals surface area contributed by atoms with E-state index in [0.717, 1.165) is 27.7 Å². The fraction of sp³-hybridized carbons (Fsp3) is 0.148. The molecule has 0 saturated heterocycles. The van der Waals surface area contributed by atoms with Crippen molar-refractivity contribution >= 4 is 28.5 Å². The first kappa shape index (κ1) is 23.6. The normalized spacial score (nSPS) is 12.0. The molecule has 0 radical (unpaired) electrons. The molecule has 0 aliphatic carbocycles. The van der Waals surface area contributed by atoms with Crippen LogP contribution in [0.3, 0.4) is 0 Å². The number of halogens is 2. The van der Waals surface area contributed by atoms with Crippen molar-refractivity contribution in [3.63, 3.8) is 0 Å². The summed E-state index contributed by atoms with van der Waals surface area (Å²) >= 11 is 6.57. The number of aromatic nitrogens is 4. The maximum absolute atomic E-state index is 13.5. The number of hydrogen-bond donors (Lipinski definition) is 4. The number of benzene rings is 3. The summed E-state index contributed by atoms with van der Waals surface area (Å²) in [4.78, 5) is 20.7. The Morgan fingerprint density at radius 1 is 1.06 bits per heavy atom. The van der Waals surface area contributed by atoms with Crippen LogP contribution in [0.5, 0.6) is 0 Å². The fourth-order valence-electron chi connectivity index (χ4n) is 4.13. The molecule has 5 aromatic rings. The standard InChI is InChI=1S/C27H24ClFN6O/c1-16-21-11-10-19(14-22(21)35-34-16)24-25(28)33-26(32-24)23(13-17-6-3-2-4-7-17)31-27(36)30-15-18-8-5-9-20(29)12-18/h2-12,14,23H,13,15H2,1H3,(H,32,33)(H,34,35)(H2,30,31,36)/t23-/m0/s1. The Bertz CT molecular complexity index is 1510. The van der Waals surface area contributed by atoms with Crippen molar-refractivity contribution in [2.24, 2.45) is 0 Å². The molecule has 0 spiro atoms. The van der Waals surface area contributed by atoms with Gasteiger partial charge in [-0.25, -0.2) is 14.2 Å². The Morgan fingerprint density at radius 2 is 1.86 bits per heavy atom. The molecule has 4 N–H and O–H groups in total. The van der Waals surface area contributed by atoms with E-state index in [1.54, 1.807) is 12.1 Å². The third-order valence-corrected chi connectivity index (χ3v) is 6.24. The highest BCUT2D eigenvalue weighted by atomic mass is 35.5. The Hall–Kier alpha value is -4.17. The number of amides is 2. The average Bonchev–Trinajstić information content (AvgIpc) is 3.45. The van der Waals surface area contributed by atoms with Crippen molar-refractivity contribution in [3.8, 4) is 11.3 Å². The Labute approximate surface area is 212 Å². The second-order valence-electron chi connectivity index (χ2n) is 8.55. The maximum atomic E-state index is 13.5. The lowest BCUT2D eigenvalue weighted by molar-refractivity contribution is 0.236. The van der Waals surface area contributed by atoms with Crippen LogP contribution in [-0.2, 0) is 13.0 Å². The summed E-state index contributed by atoms with van der Waals surface area (Å²) in [5.74, 6) is 0.179. The van der Waals surface area contributed by atoms with E-state index < -0.39 is 12.1 Å². The summed E-state index contributed by atoms with van der Waals surface area (Å²) in [5.41, 5.74) is 4.91. The van der Waals surface area contributed by atoms with E-state index in [1.165, 1.54) is 12.1 Å². The highest BCUT2D eigenvalue weighted by molar-refractivity contribution is 6.32. The van der Waals surface area contributed by atoms with Gasteiger partial charge in [0, 0.05) is 17.5 Å². The molecule has 2 aromatic heterocycles. The topological polar surface area (TPSA) is 98.5 Å². The van der Waals surface area contributed by atoms with Gasteiger partial charge < -0.3 is 15.6 Å². The second kappa shape index (κ2) is 10.2. The minimum Gasteiger partial charge on any atom is -0.334 e. The first-order chi connectivity index (χ1) is 17.5. The van der Waals surface area contributed by atoms with Crippen molar-refractivity contribution in [1.29, 1.82) is 0 Å². The number of carbonyl (C=O) groups is 1. The van der Waals surface area contributed by atoms with Crippen LogP contribution < -0.4 is 10.6 Å². The van der Waals surface area contributed by atoms with Gasteiger partial charge in [-0.3, -0.25) is 5.10 Å². The largest absolute Gasteiger partial charge is 0.334 e. The summed E-state index contributed by atoms with van der Waals surface area (Å²) in [6.45, 7) is 2.13. The summed E-state index contributed by atoms with van der Waals surface area (Å²) in [5, 5.41) is 14.4. The van der Waals surface area contributed by atoms with Gasteiger partial charge in [-0.1, -0.05) is 66.2 Å². The molecule has 2 amide bonds. The smallest absolute Gasteiger partial charge is 0.315 e. The van der Waals surface area contributed by atoms with E-state index in [9.17, 15) is 9.18 Å². The molecule has 3 aromatic carbocycles. The van der Waals surface area contributed by atoms with Gasteiger partial charge >= 0.3 is 6.03 Å². The zero-order valence-electron chi connectivity index (χ0n) is 19.5.